The molecule has 1 amide bonds. The number of pyridine rings is 1. The predicted molar refractivity (Wildman–Crippen MR) is 97.8 cm³/mol. The highest BCUT2D eigenvalue weighted by atomic mass is 16.5. The van der Waals surface area contributed by atoms with Gasteiger partial charge in [0, 0.05) is 16.6 Å². The zero-order valence-electron chi connectivity index (χ0n) is 14.2. The quantitative estimate of drug-likeness (QED) is 0.736. The molecule has 0 spiro atoms. The molecular weight excluding hydrogens is 328 g/mol. The summed E-state index contributed by atoms with van der Waals surface area (Å²) in [7, 11) is 0. The van der Waals surface area contributed by atoms with Crippen LogP contribution in [0.1, 0.15) is 44.0 Å². The van der Waals surface area contributed by atoms with Crippen LogP contribution in [0.2, 0.25) is 0 Å². The fourth-order valence-corrected chi connectivity index (χ4v) is 3.43. The molecule has 5 heteroatoms. The number of nitrogens with zero attached hydrogens (tertiary/aromatic N) is 1. The zero-order valence-corrected chi connectivity index (χ0v) is 14.2. The molecule has 1 heterocycles. The number of para-hydroxylation sites is 1. The Morgan fingerprint density at radius 2 is 1.81 bits per heavy atom. The smallest absolute Gasteiger partial charge is 0.339 e. The standard InChI is InChI=1S/C21H18N2O3/c22-20(24)14-10-8-13(9-11-14)12-26-21(25)19-15-4-1-2-6-17(15)23-18-7-3-5-16(18)19/h1-2,4,6,8-11H,3,5,7,12H2,(H2,22,24). The summed E-state index contributed by atoms with van der Waals surface area (Å²) in [5.74, 6) is -0.812. The number of carbonyl (C=O) groups is 2. The number of ether oxygens (including phenoxy) is 1. The molecule has 130 valence electrons. The van der Waals surface area contributed by atoms with Crippen LogP contribution in [0.4, 0.5) is 0 Å². The Morgan fingerprint density at radius 1 is 1.04 bits per heavy atom. The van der Waals surface area contributed by atoms with Crippen molar-refractivity contribution >= 4 is 22.8 Å². The Morgan fingerprint density at radius 3 is 2.58 bits per heavy atom. The second-order valence-corrected chi connectivity index (χ2v) is 6.42. The molecule has 0 bridgehead atoms. The summed E-state index contributed by atoms with van der Waals surface area (Å²) >= 11 is 0. The monoisotopic (exact) mass is 346 g/mol. The van der Waals surface area contributed by atoms with Crippen LogP contribution in [0.15, 0.2) is 48.5 Å². The van der Waals surface area contributed by atoms with Gasteiger partial charge in [-0.2, -0.15) is 0 Å². The first kappa shape index (κ1) is 16.3. The minimum Gasteiger partial charge on any atom is -0.457 e. The molecule has 0 aliphatic heterocycles. The van der Waals surface area contributed by atoms with Crippen LogP contribution in [0, 0.1) is 0 Å². The second-order valence-electron chi connectivity index (χ2n) is 6.42. The summed E-state index contributed by atoms with van der Waals surface area (Å²) < 4.78 is 5.56. The third-order valence-corrected chi connectivity index (χ3v) is 4.73. The average molecular weight is 346 g/mol. The van der Waals surface area contributed by atoms with E-state index < -0.39 is 5.91 Å². The lowest BCUT2D eigenvalue weighted by molar-refractivity contribution is 0.0473. The van der Waals surface area contributed by atoms with Gasteiger partial charge in [0.2, 0.25) is 5.91 Å². The van der Waals surface area contributed by atoms with Crippen LogP contribution in [0.25, 0.3) is 10.9 Å². The summed E-state index contributed by atoms with van der Waals surface area (Å²) in [6.07, 6.45) is 2.76. The number of aryl methyl sites for hydroxylation is 1. The lowest BCUT2D eigenvalue weighted by atomic mass is 10.0. The largest absolute Gasteiger partial charge is 0.457 e. The SMILES string of the molecule is NC(=O)c1ccc(COC(=O)c2c3c(nc4ccccc24)CCC3)cc1. The second kappa shape index (κ2) is 6.59. The van der Waals surface area contributed by atoms with Crippen molar-refractivity contribution in [2.75, 3.05) is 0 Å². The Bertz CT molecular complexity index is 1010. The molecule has 1 aliphatic rings. The number of nitrogens with two attached hydrogens (primary N) is 1. The minimum atomic E-state index is -0.479. The third-order valence-electron chi connectivity index (χ3n) is 4.73. The number of carbonyl (C=O) groups excluding carboxylic acids is 2. The van der Waals surface area contributed by atoms with Gasteiger partial charge in [-0.05, 0) is 48.6 Å². The van der Waals surface area contributed by atoms with Crippen molar-refractivity contribution in [2.45, 2.75) is 25.9 Å². The molecule has 4 rings (SSSR count). The summed E-state index contributed by atoms with van der Waals surface area (Å²) in [5, 5.41) is 0.835. The van der Waals surface area contributed by atoms with Gasteiger partial charge in [-0.3, -0.25) is 9.78 Å². The van der Waals surface area contributed by atoms with Crippen LogP contribution in [0.5, 0.6) is 0 Å². The lowest BCUT2D eigenvalue weighted by Gasteiger charge is -2.12. The normalized spacial score (nSPS) is 12.8. The van der Waals surface area contributed by atoms with E-state index >= 15 is 0 Å². The Kier molecular flexibility index (Phi) is 4.13. The highest BCUT2D eigenvalue weighted by Crippen LogP contribution is 2.30. The maximum atomic E-state index is 12.8. The van der Waals surface area contributed by atoms with Crippen molar-refractivity contribution in [2.24, 2.45) is 5.73 Å². The number of benzene rings is 2. The topological polar surface area (TPSA) is 82.3 Å². The van der Waals surface area contributed by atoms with Gasteiger partial charge in [0.25, 0.3) is 0 Å². The Hall–Kier alpha value is -3.21. The summed E-state index contributed by atoms with van der Waals surface area (Å²) in [4.78, 5) is 28.7. The number of hydrogen-bond donors (Lipinski definition) is 1. The van der Waals surface area contributed by atoms with Gasteiger partial charge < -0.3 is 10.5 Å². The molecule has 26 heavy (non-hydrogen) atoms. The van der Waals surface area contributed by atoms with E-state index in [4.69, 9.17) is 15.5 Å². The number of hydrogen-bond acceptors (Lipinski definition) is 4. The molecule has 0 atom stereocenters. The van der Waals surface area contributed by atoms with E-state index in [1.54, 1.807) is 24.3 Å². The fourth-order valence-electron chi connectivity index (χ4n) is 3.43. The van der Waals surface area contributed by atoms with Crippen molar-refractivity contribution in [1.29, 1.82) is 0 Å². The van der Waals surface area contributed by atoms with Crippen LogP contribution in [-0.4, -0.2) is 16.9 Å². The number of primary amides is 1. The molecule has 0 fully saturated rings. The zero-order chi connectivity index (χ0) is 18.1. The van der Waals surface area contributed by atoms with Gasteiger partial charge >= 0.3 is 5.97 Å². The number of esters is 1. The third kappa shape index (κ3) is 2.92. The molecule has 1 aromatic heterocycles. The van der Waals surface area contributed by atoms with Gasteiger partial charge in [0.1, 0.15) is 6.61 Å². The Labute approximate surface area is 150 Å². The van der Waals surface area contributed by atoms with Crippen molar-refractivity contribution in [3.8, 4) is 0 Å². The van der Waals surface area contributed by atoms with Gasteiger partial charge in [-0.1, -0.05) is 30.3 Å². The van der Waals surface area contributed by atoms with Crippen LogP contribution in [-0.2, 0) is 24.2 Å². The number of rotatable bonds is 4. The van der Waals surface area contributed by atoms with Crippen molar-refractivity contribution in [3.63, 3.8) is 0 Å². The first-order chi connectivity index (χ1) is 12.6. The number of fused-ring (bicyclic) bond motifs is 2. The molecule has 0 unspecified atom stereocenters. The average Bonchev–Trinajstić information content (AvgIpc) is 3.12. The number of aromatic nitrogens is 1. The molecule has 0 saturated heterocycles. The van der Waals surface area contributed by atoms with E-state index in [1.165, 1.54) is 0 Å². The molecule has 2 N–H and O–H groups in total. The summed E-state index contributed by atoms with van der Waals surface area (Å²) in [6, 6.07) is 14.4. The van der Waals surface area contributed by atoms with E-state index in [2.05, 4.69) is 0 Å². The molecular formula is C21H18N2O3. The van der Waals surface area contributed by atoms with E-state index in [1.807, 2.05) is 24.3 Å². The van der Waals surface area contributed by atoms with Crippen LogP contribution in [0.3, 0.4) is 0 Å². The van der Waals surface area contributed by atoms with Crippen molar-refractivity contribution in [1.82, 2.24) is 4.98 Å². The van der Waals surface area contributed by atoms with Gasteiger partial charge in [0.05, 0.1) is 11.1 Å². The molecule has 0 radical (unpaired) electrons. The van der Waals surface area contributed by atoms with Crippen molar-refractivity contribution in [3.05, 3.63) is 76.5 Å². The summed E-state index contributed by atoms with van der Waals surface area (Å²) in [6.45, 7) is 0.142. The maximum absolute atomic E-state index is 12.8. The van der Waals surface area contributed by atoms with Gasteiger partial charge in [-0.25, -0.2) is 4.79 Å². The lowest BCUT2D eigenvalue weighted by Crippen LogP contribution is -2.12. The summed E-state index contributed by atoms with van der Waals surface area (Å²) in [5.41, 5.74) is 9.94. The van der Waals surface area contributed by atoms with Crippen LogP contribution >= 0.6 is 0 Å². The Balaban J connectivity index is 1.61. The van der Waals surface area contributed by atoms with E-state index in [0.717, 1.165) is 47.0 Å². The minimum absolute atomic E-state index is 0.142. The van der Waals surface area contributed by atoms with Gasteiger partial charge in [-0.15, -0.1) is 0 Å². The molecule has 0 saturated carbocycles. The molecule has 5 nitrogen and oxygen atoms in total. The van der Waals surface area contributed by atoms with Crippen LogP contribution < -0.4 is 5.73 Å². The fraction of sp³-hybridized carbons (Fsp3) is 0.190. The maximum Gasteiger partial charge on any atom is 0.339 e. The molecule has 3 aromatic rings. The first-order valence-corrected chi connectivity index (χ1v) is 8.60. The van der Waals surface area contributed by atoms with Crippen molar-refractivity contribution < 1.29 is 14.3 Å². The van der Waals surface area contributed by atoms with Gasteiger partial charge in [0.15, 0.2) is 0 Å². The number of amides is 1. The van der Waals surface area contributed by atoms with E-state index in [-0.39, 0.29) is 12.6 Å². The van der Waals surface area contributed by atoms with E-state index in [9.17, 15) is 9.59 Å². The highest BCUT2D eigenvalue weighted by Gasteiger charge is 2.24. The highest BCUT2D eigenvalue weighted by molar-refractivity contribution is 6.05. The van der Waals surface area contributed by atoms with E-state index in [0.29, 0.717) is 11.1 Å². The molecule has 2 aromatic carbocycles. The molecule has 1 aliphatic carbocycles. The first-order valence-electron chi connectivity index (χ1n) is 8.60. The predicted octanol–water partition coefficient (Wildman–Crippen LogP) is 3.18.